The Bertz CT molecular complexity index is 868. The van der Waals surface area contributed by atoms with Gasteiger partial charge in [0.05, 0.1) is 0 Å². The molecule has 0 aromatic carbocycles. The predicted molar refractivity (Wildman–Crippen MR) is 111 cm³/mol. The second-order valence-corrected chi connectivity index (χ2v) is 14.0. The van der Waals surface area contributed by atoms with Crippen molar-refractivity contribution in [1.29, 1.82) is 0 Å². The van der Waals surface area contributed by atoms with Crippen LogP contribution >= 0.6 is 0 Å². The molecule has 2 saturated carbocycles. The van der Waals surface area contributed by atoms with Gasteiger partial charge in [0.25, 0.3) is 32.1 Å². The third-order valence-electron chi connectivity index (χ3n) is 7.30. The molecule has 0 heterocycles. The zero-order chi connectivity index (χ0) is 26.0. The maximum Gasteiger partial charge on any atom is 0.300 e. The van der Waals surface area contributed by atoms with Crippen molar-refractivity contribution in [1.82, 2.24) is 0 Å². The molecule has 2 fully saturated rings. The zero-order valence-electron chi connectivity index (χ0n) is 19.4. The minimum Gasteiger partial charge on any atom is -0.237 e. The molecule has 0 radical (unpaired) electrons. The third-order valence-corrected chi connectivity index (χ3v) is 11.4. The topological polar surface area (TPSA) is 77.5 Å². The Morgan fingerprint density at radius 3 is 1.18 bits per heavy atom. The van der Waals surface area contributed by atoms with Crippen LogP contribution in [0.2, 0.25) is 0 Å². The van der Waals surface area contributed by atoms with Gasteiger partial charge < -0.3 is 0 Å². The summed E-state index contributed by atoms with van der Waals surface area (Å²) >= 11 is 0. The first-order chi connectivity index (χ1) is 14.5. The summed E-state index contributed by atoms with van der Waals surface area (Å²) in [6.45, 7) is 6.60. The van der Waals surface area contributed by atoms with Crippen molar-refractivity contribution in [2.45, 2.75) is 101 Å². The van der Waals surface area contributed by atoms with Gasteiger partial charge >= 0.3 is 0 Å². The van der Waals surface area contributed by atoms with Crippen LogP contribution in [0, 0.1) is 23.7 Å². The highest BCUT2D eigenvalue weighted by Gasteiger charge is 2.70. The van der Waals surface area contributed by atoms with Crippen molar-refractivity contribution < 1.29 is 46.8 Å². The molecule has 0 amide bonds. The number of halogens is 6. The smallest absolute Gasteiger partial charge is 0.237 e. The van der Waals surface area contributed by atoms with Crippen molar-refractivity contribution in [2.75, 3.05) is 0 Å². The van der Waals surface area contributed by atoms with Crippen molar-refractivity contribution >= 4 is 20.2 Å². The van der Waals surface area contributed by atoms with E-state index >= 15 is 17.6 Å². The zero-order valence-corrected chi connectivity index (χ0v) is 21.1. The van der Waals surface area contributed by atoms with Gasteiger partial charge in [0.2, 0.25) is 0 Å². The van der Waals surface area contributed by atoms with Gasteiger partial charge in [0.1, 0.15) is 0 Å². The molecule has 5 nitrogen and oxygen atoms in total. The molecule has 196 valence electrons. The van der Waals surface area contributed by atoms with Crippen LogP contribution in [0.25, 0.3) is 0 Å². The predicted octanol–water partition coefficient (Wildman–Crippen LogP) is 5.26. The molecule has 13 heteroatoms. The van der Waals surface area contributed by atoms with Crippen LogP contribution in [0.4, 0.5) is 26.3 Å². The van der Waals surface area contributed by atoms with Crippen LogP contribution in [-0.2, 0) is 23.9 Å². The number of hydrogen-bond donors (Lipinski definition) is 0. The molecule has 6 atom stereocenters. The number of alkyl halides is 6. The Labute approximate surface area is 191 Å². The fourth-order valence-electron chi connectivity index (χ4n) is 5.02. The van der Waals surface area contributed by atoms with Crippen LogP contribution in [-0.4, -0.2) is 50.5 Å². The van der Waals surface area contributed by atoms with Gasteiger partial charge in [-0.2, -0.15) is 16.8 Å². The van der Waals surface area contributed by atoms with Crippen molar-refractivity contribution in [3.8, 4) is 0 Å². The fourth-order valence-corrected chi connectivity index (χ4v) is 9.72. The Kier molecular flexibility index (Phi) is 7.41. The van der Waals surface area contributed by atoms with E-state index in [1.807, 2.05) is 0 Å². The van der Waals surface area contributed by atoms with E-state index in [9.17, 15) is 25.6 Å². The molecule has 0 bridgehead atoms. The summed E-state index contributed by atoms with van der Waals surface area (Å²) in [4.78, 5) is 0. The Balaban J connectivity index is 2.59. The highest BCUT2D eigenvalue weighted by atomic mass is 32.3. The molecule has 0 aromatic heterocycles. The SMILES string of the molecule is CC(C)C1CCC(C)(F)C(F)(F)C1S(=O)(=O)OS(=O)(=O)C1C(C(C)C)CCC(C)(F)C1(F)F. The van der Waals surface area contributed by atoms with E-state index in [2.05, 4.69) is 3.63 Å². The molecule has 0 N–H and O–H groups in total. The minimum absolute atomic E-state index is 0.315. The Morgan fingerprint density at radius 1 is 0.667 bits per heavy atom. The summed E-state index contributed by atoms with van der Waals surface area (Å²) in [5.41, 5.74) is -6.59. The lowest BCUT2D eigenvalue weighted by molar-refractivity contribution is -0.168. The van der Waals surface area contributed by atoms with Crippen molar-refractivity contribution in [3.63, 3.8) is 0 Å². The molecule has 33 heavy (non-hydrogen) atoms. The van der Waals surface area contributed by atoms with Gasteiger partial charge in [-0.05, 0) is 63.2 Å². The number of rotatable bonds is 6. The molecule has 0 aliphatic heterocycles. The fraction of sp³-hybridized carbons (Fsp3) is 1.00. The molecular formula is C20H32F6O5S2. The summed E-state index contributed by atoms with van der Waals surface area (Å²) in [6, 6.07) is 0. The van der Waals surface area contributed by atoms with E-state index in [0.717, 1.165) is 0 Å². The normalized spacial score (nSPS) is 39.7. The highest BCUT2D eigenvalue weighted by Crippen LogP contribution is 2.54. The first-order valence-electron chi connectivity index (χ1n) is 10.8. The maximum atomic E-state index is 15.0. The van der Waals surface area contributed by atoms with E-state index in [4.69, 9.17) is 0 Å². The van der Waals surface area contributed by atoms with E-state index in [0.29, 0.717) is 13.8 Å². The van der Waals surface area contributed by atoms with E-state index in [1.165, 1.54) is 27.7 Å². The molecule has 6 unspecified atom stereocenters. The second-order valence-electron chi connectivity index (χ2n) is 10.4. The summed E-state index contributed by atoms with van der Waals surface area (Å²) < 4.78 is 145. The van der Waals surface area contributed by atoms with Crippen molar-refractivity contribution in [3.05, 3.63) is 0 Å². The van der Waals surface area contributed by atoms with Gasteiger partial charge in [-0.3, -0.25) is 0 Å². The first-order valence-corrected chi connectivity index (χ1v) is 13.8. The molecule has 2 aliphatic carbocycles. The summed E-state index contributed by atoms with van der Waals surface area (Å²) in [5.74, 6) is -13.4. The third kappa shape index (κ3) is 4.79. The molecule has 0 spiro atoms. The Hall–Kier alpha value is -0.560. The lowest BCUT2D eigenvalue weighted by Gasteiger charge is -2.46. The van der Waals surface area contributed by atoms with Crippen molar-refractivity contribution in [2.24, 2.45) is 23.7 Å². The maximum absolute atomic E-state index is 15.0. The van der Waals surface area contributed by atoms with Crippen LogP contribution in [0.15, 0.2) is 0 Å². The largest absolute Gasteiger partial charge is 0.300 e. The lowest BCUT2D eigenvalue weighted by atomic mass is 9.73. The Morgan fingerprint density at radius 2 is 0.939 bits per heavy atom. The van der Waals surface area contributed by atoms with Crippen LogP contribution < -0.4 is 0 Å². The molecule has 2 rings (SSSR count). The first kappa shape index (κ1) is 28.7. The summed E-state index contributed by atoms with van der Waals surface area (Å²) in [5, 5.41) is -5.84. The van der Waals surface area contributed by atoms with E-state index in [1.54, 1.807) is 0 Å². The van der Waals surface area contributed by atoms with Crippen LogP contribution in [0.5, 0.6) is 0 Å². The second kappa shape index (κ2) is 8.53. The van der Waals surface area contributed by atoms with Gasteiger partial charge in [-0.15, -0.1) is 3.63 Å². The number of hydrogen-bond acceptors (Lipinski definition) is 5. The molecule has 0 aromatic rings. The average molecular weight is 531 g/mol. The van der Waals surface area contributed by atoms with Gasteiger partial charge in [0.15, 0.2) is 21.8 Å². The van der Waals surface area contributed by atoms with Gasteiger partial charge in [-0.25, -0.2) is 26.3 Å². The summed E-state index contributed by atoms with van der Waals surface area (Å²) in [7, 11) is -11.7. The molecular weight excluding hydrogens is 498 g/mol. The minimum atomic E-state index is -5.83. The summed E-state index contributed by atoms with van der Waals surface area (Å²) in [6.07, 6.45) is -2.00. The standard InChI is InChI=1S/C20H32F6O5S2/c1-11(2)13-7-9-17(5,21)19(23,24)15(13)32(27,28)31-33(29,30)16-14(12(3)4)8-10-18(6,22)20(16,25)26/h11-16H,7-10H2,1-6H3. The van der Waals surface area contributed by atoms with Crippen LogP contribution in [0.3, 0.4) is 0 Å². The van der Waals surface area contributed by atoms with Gasteiger partial charge in [0, 0.05) is 0 Å². The molecule has 2 aliphatic rings. The molecule has 0 saturated heterocycles. The van der Waals surface area contributed by atoms with E-state index < -0.39 is 90.4 Å². The average Bonchev–Trinajstić information content (AvgIpc) is 2.57. The van der Waals surface area contributed by atoms with Crippen LogP contribution in [0.1, 0.15) is 67.2 Å². The van der Waals surface area contributed by atoms with Gasteiger partial charge in [-0.1, -0.05) is 27.7 Å². The highest BCUT2D eigenvalue weighted by molar-refractivity contribution is 8.00. The van der Waals surface area contributed by atoms with E-state index in [-0.39, 0.29) is 12.8 Å². The quantitative estimate of drug-likeness (QED) is 0.438. The lowest BCUT2D eigenvalue weighted by Crippen LogP contribution is -2.63. The monoisotopic (exact) mass is 530 g/mol.